The Bertz CT molecular complexity index is 787. The SMILES string of the molecule is O=C(NCc1ccc(Cl)c(Cl)c1)c1cccc(NC[C@@H]2CC(S)CN2)c1. The van der Waals surface area contributed by atoms with Gasteiger partial charge in [-0.25, -0.2) is 0 Å². The third kappa shape index (κ3) is 5.30. The first-order valence-corrected chi connectivity index (χ1v) is 9.76. The van der Waals surface area contributed by atoms with E-state index in [1.54, 1.807) is 18.2 Å². The maximum absolute atomic E-state index is 12.4. The molecule has 1 aliphatic heterocycles. The second kappa shape index (κ2) is 9.00. The second-order valence-corrected chi connectivity index (χ2v) is 7.93. The van der Waals surface area contributed by atoms with Crippen LogP contribution in [0.2, 0.25) is 10.0 Å². The number of anilines is 1. The third-order valence-corrected chi connectivity index (χ3v) is 5.45. The molecule has 2 aromatic carbocycles. The van der Waals surface area contributed by atoms with Crippen molar-refractivity contribution in [2.24, 2.45) is 0 Å². The van der Waals surface area contributed by atoms with E-state index in [1.807, 2.05) is 24.3 Å². The van der Waals surface area contributed by atoms with Gasteiger partial charge in [0, 0.05) is 42.2 Å². The fourth-order valence-corrected chi connectivity index (χ4v) is 3.58. The van der Waals surface area contributed by atoms with Crippen LogP contribution in [0.4, 0.5) is 5.69 Å². The van der Waals surface area contributed by atoms with Crippen molar-refractivity contribution in [2.75, 3.05) is 18.4 Å². The summed E-state index contributed by atoms with van der Waals surface area (Å²) in [6.45, 7) is 2.14. The summed E-state index contributed by atoms with van der Waals surface area (Å²) in [5.41, 5.74) is 2.44. The molecule has 1 saturated heterocycles. The van der Waals surface area contributed by atoms with Gasteiger partial charge in [0.15, 0.2) is 0 Å². The van der Waals surface area contributed by atoms with Gasteiger partial charge in [0.1, 0.15) is 0 Å². The van der Waals surface area contributed by atoms with Crippen molar-refractivity contribution in [1.29, 1.82) is 0 Å². The van der Waals surface area contributed by atoms with Crippen molar-refractivity contribution < 1.29 is 4.79 Å². The minimum Gasteiger partial charge on any atom is -0.383 e. The Kier molecular flexibility index (Phi) is 6.70. The number of carbonyl (C=O) groups is 1. The lowest BCUT2D eigenvalue weighted by Crippen LogP contribution is -2.29. The molecule has 26 heavy (non-hydrogen) atoms. The predicted molar refractivity (Wildman–Crippen MR) is 112 cm³/mol. The highest BCUT2D eigenvalue weighted by atomic mass is 35.5. The van der Waals surface area contributed by atoms with E-state index in [2.05, 4.69) is 28.6 Å². The molecule has 1 aliphatic rings. The zero-order valence-electron chi connectivity index (χ0n) is 14.1. The van der Waals surface area contributed by atoms with Crippen LogP contribution < -0.4 is 16.0 Å². The van der Waals surface area contributed by atoms with Gasteiger partial charge in [0.05, 0.1) is 10.0 Å². The second-order valence-electron chi connectivity index (χ2n) is 6.39. The van der Waals surface area contributed by atoms with Crippen molar-refractivity contribution in [1.82, 2.24) is 10.6 Å². The minimum atomic E-state index is -0.130. The Morgan fingerprint density at radius 3 is 2.77 bits per heavy atom. The van der Waals surface area contributed by atoms with E-state index >= 15 is 0 Å². The average Bonchev–Trinajstić information content (AvgIpc) is 3.06. The van der Waals surface area contributed by atoms with Crippen molar-refractivity contribution in [3.63, 3.8) is 0 Å². The molecule has 0 radical (unpaired) electrons. The van der Waals surface area contributed by atoms with Gasteiger partial charge >= 0.3 is 0 Å². The lowest BCUT2D eigenvalue weighted by atomic mass is 10.1. The molecule has 0 aliphatic carbocycles. The lowest BCUT2D eigenvalue weighted by Gasteiger charge is -2.13. The molecule has 7 heteroatoms. The number of halogens is 2. The Balaban J connectivity index is 1.54. The predicted octanol–water partition coefficient (Wildman–Crippen LogP) is 4.00. The van der Waals surface area contributed by atoms with Crippen LogP contribution >= 0.6 is 35.8 Å². The standard InChI is InChI=1S/C19H21Cl2N3OS/c20-17-5-4-12(6-18(17)21)9-24-19(25)13-2-1-3-14(7-13)22-10-15-8-16(26)11-23-15/h1-7,15-16,22-23,26H,8-11H2,(H,24,25)/t15-,16?/m0/s1. The fraction of sp³-hybridized carbons (Fsp3) is 0.316. The van der Waals surface area contributed by atoms with Gasteiger partial charge in [0.2, 0.25) is 0 Å². The summed E-state index contributed by atoms with van der Waals surface area (Å²) < 4.78 is 0. The minimum absolute atomic E-state index is 0.130. The van der Waals surface area contributed by atoms with Gasteiger partial charge in [-0.1, -0.05) is 35.3 Å². The number of thiol groups is 1. The molecule has 0 bridgehead atoms. The van der Waals surface area contributed by atoms with Crippen LogP contribution in [0.1, 0.15) is 22.3 Å². The van der Waals surface area contributed by atoms with Gasteiger partial charge in [0.25, 0.3) is 5.91 Å². The summed E-state index contributed by atoms with van der Waals surface area (Å²) in [5.74, 6) is -0.130. The number of hydrogen-bond donors (Lipinski definition) is 4. The number of carbonyl (C=O) groups excluding carboxylic acids is 1. The monoisotopic (exact) mass is 409 g/mol. The fourth-order valence-electron chi connectivity index (χ4n) is 2.90. The number of amides is 1. The van der Waals surface area contributed by atoms with Crippen LogP contribution in [0.3, 0.4) is 0 Å². The van der Waals surface area contributed by atoms with Gasteiger partial charge in [-0.2, -0.15) is 12.6 Å². The van der Waals surface area contributed by atoms with Crippen LogP contribution in [-0.2, 0) is 6.54 Å². The van der Waals surface area contributed by atoms with E-state index in [-0.39, 0.29) is 5.91 Å². The molecule has 1 amide bonds. The molecule has 138 valence electrons. The van der Waals surface area contributed by atoms with Gasteiger partial charge in [-0.05, 0) is 42.3 Å². The number of benzene rings is 2. The highest BCUT2D eigenvalue weighted by Crippen LogP contribution is 2.22. The van der Waals surface area contributed by atoms with Crippen LogP contribution in [0.25, 0.3) is 0 Å². The van der Waals surface area contributed by atoms with Crippen LogP contribution in [0, 0.1) is 0 Å². The molecule has 1 heterocycles. The topological polar surface area (TPSA) is 53.2 Å². The third-order valence-electron chi connectivity index (χ3n) is 4.31. The first-order valence-electron chi connectivity index (χ1n) is 8.49. The zero-order chi connectivity index (χ0) is 18.5. The number of hydrogen-bond acceptors (Lipinski definition) is 4. The smallest absolute Gasteiger partial charge is 0.251 e. The summed E-state index contributed by atoms with van der Waals surface area (Å²) in [6, 6.07) is 13.2. The average molecular weight is 410 g/mol. The molecule has 2 aromatic rings. The summed E-state index contributed by atoms with van der Waals surface area (Å²) in [5, 5.41) is 11.1. The van der Waals surface area contributed by atoms with E-state index < -0.39 is 0 Å². The largest absolute Gasteiger partial charge is 0.383 e. The zero-order valence-corrected chi connectivity index (χ0v) is 16.5. The molecule has 0 aromatic heterocycles. The van der Waals surface area contributed by atoms with Crippen LogP contribution in [0.15, 0.2) is 42.5 Å². The first-order chi connectivity index (χ1) is 12.5. The molecule has 1 fully saturated rings. The highest BCUT2D eigenvalue weighted by molar-refractivity contribution is 7.81. The van der Waals surface area contributed by atoms with E-state index in [0.717, 1.165) is 30.8 Å². The van der Waals surface area contributed by atoms with E-state index in [9.17, 15) is 4.79 Å². The first kappa shape index (κ1) is 19.4. The molecule has 4 nitrogen and oxygen atoms in total. The Labute approximate surface area is 169 Å². The maximum Gasteiger partial charge on any atom is 0.251 e. The van der Waals surface area contributed by atoms with E-state index in [0.29, 0.717) is 33.4 Å². The highest BCUT2D eigenvalue weighted by Gasteiger charge is 2.20. The molecule has 0 spiro atoms. The van der Waals surface area contributed by atoms with Gasteiger partial charge in [-0.15, -0.1) is 0 Å². The molecule has 3 N–H and O–H groups in total. The summed E-state index contributed by atoms with van der Waals surface area (Å²) >= 11 is 16.4. The number of nitrogens with one attached hydrogen (secondary N) is 3. The molecule has 0 saturated carbocycles. The maximum atomic E-state index is 12.4. The Hall–Kier alpha value is -1.40. The Morgan fingerprint density at radius 2 is 2.04 bits per heavy atom. The van der Waals surface area contributed by atoms with Gasteiger partial charge < -0.3 is 16.0 Å². The summed E-state index contributed by atoms with van der Waals surface area (Å²) in [4.78, 5) is 12.4. The lowest BCUT2D eigenvalue weighted by molar-refractivity contribution is 0.0951. The molecule has 1 unspecified atom stereocenters. The number of rotatable bonds is 6. The molecule has 3 rings (SSSR count). The van der Waals surface area contributed by atoms with Crippen molar-refractivity contribution >= 4 is 47.4 Å². The van der Waals surface area contributed by atoms with E-state index in [4.69, 9.17) is 23.2 Å². The van der Waals surface area contributed by atoms with Crippen molar-refractivity contribution in [2.45, 2.75) is 24.3 Å². The molecule has 2 atom stereocenters. The van der Waals surface area contributed by atoms with Crippen LogP contribution in [0.5, 0.6) is 0 Å². The Morgan fingerprint density at radius 1 is 1.19 bits per heavy atom. The van der Waals surface area contributed by atoms with Gasteiger partial charge in [-0.3, -0.25) is 4.79 Å². The summed E-state index contributed by atoms with van der Waals surface area (Å²) in [6.07, 6.45) is 1.04. The normalized spacial score (nSPS) is 19.3. The van der Waals surface area contributed by atoms with E-state index in [1.165, 1.54) is 0 Å². The quantitative estimate of drug-likeness (QED) is 0.545. The van der Waals surface area contributed by atoms with Crippen molar-refractivity contribution in [3.8, 4) is 0 Å². The molecular weight excluding hydrogens is 389 g/mol. The van der Waals surface area contributed by atoms with Crippen LogP contribution in [-0.4, -0.2) is 30.3 Å². The van der Waals surface area contributed by atoms with Crippen molar-refractivity contribution in [3.05, 3.63) is 63.6 Å². The summed E-state index contributed by atoms with van der Waals surface area (Å²) in [7, 11) is 0. The molecular formula is C19H21Cl2N3OS.